The van der Waals surface area contributed by atoms with E-state index in [1.165, 1.54) is 5.56 Å². The largest absolute Gasteiger partial charge is 0.456 e. The predicted octanol–water partition coefficient (Wildman–Crippen LogP) is 5.83. The first-order valence-electron chi connectivity index (χ1n) is 6.10. The van der Waals surface area contributed by atoms with Crippen LogP contribution < -0.4 is 10.1 Å². The molecule has 0 amide bonds. The van der Waals surface area contributed by atoms with Gasteiger partial charge in [0.15, 0.2) is 0 Å². The first-order chi connectivity index (χ1) is 9.49. The SMILES string of the molecule is CNC(C)c1ccc(Oc2cc(Cl)cc(Cl)c2)c(Br)c1. The molecular weight excluding hydrogens is 361 g/mol. The standard InChI is InChI=1S/C15H14BrCl2NO/c1-9(19-2)10-3-4-15(14(16)5-10)20-13-7-11(17)6-12(18)8-13/h3-9,19H,1-2H3. The molecule has 1 atom stereocenters. The molecule has 0 radical (unpaired) electrons. The van der Waals surface area contributed by atoms with E-state index in [0.717, 1.165) is 10.2 Å². The number of ether oxygens (including phenoxy) is 1. The average molecular weight is 375 g/mol. The Kier molecular flexibility index (Phi) is 5.33. The molecule has 1 unspecified atom stereocenters. The Morgan fingerprint density at radius 2 is 1.75 bits per heavy atom. The van der Waals surface area contributed by atoms with Gasteiger partial charge in [-0.2, -0.15) is 0 Å². The second kappa shape index (κ2) is 6.81. The molecule has 2 rings (SSSR count). The highest BCUT2D eigenvalue weighted by molar-refractivity contribution is 9.10. The van der Waals surface area contributed by atoms with Gasteiger partial charge in [-0.3, -0.25) is 0 Å². The quantitative estimate of drug-likeness (QED) is 0.726. The Balaban J connectivity index is 2.25. The van der Waals surface area contributed by atoms with Crippen LogP contribution >= 0.6 is 39.1 Å². The van der Waals surface area contributed by atoms with Gasteiger partial charge in [-0.05, 0) is 65.8 Å². The van der Waals surface area contributed by atoms with Crippen LogP contribution in [0.1, 0.15) is 18.5 Å². The lowest BCUT2D eigenvalue weighted by atomic mass is 10.1. The van der Waals surface area contributed by atoms with Crippen molar-refractivity contribution in [3.05, 3.63) is 56.5 Å². The fraction of sp³-hybridized carbons (Fsp3) is 0.200. The van der Waals surface area contributed by atoms with Crippen molar-refractivity contribution < 1.29 is 4.74 Å². The smallest absolute Gasteiger partial charge is 0.141 e. The van der Waals surface area contributed by atoms with Crippen LogP contribution in [0.25, 0.3) is 0 Å². The molecule has 0 aliphatic carbocycles. The van der Waals surface area contributed by atoms with E-state index in [1.54, 1.807) is 18.2 Å². The minimum atomic E-state index is 0.279. The van der Waals surface area contributed by atoms with Crippen molar-refractivity contribution in [1.82, 2.24) is 5.32 Å². The number of hydrogen-bond donors (Lipinski definition) is 1. The van der Waals surface area contributed by atoms with Crippen LogP contribution in [0.3, 0.4) is 0 Å². The summed E-state index contributed by atoms with van der Waals surface area (Å²) in [6.07, 6.45) is 0. The summed E-state index contributed by atoms with van der Waals surface area (Å²) in [6, 6.07) is 11.4. The summed E-state index contributed by atoms with van der Waals surface area (Å²) >= 11 is 15.4. The van der Waals surface area contributed by atoms with Gasteiger partial charge in [0.1, 0.15) is 11.5 Å². The fourth-order valence-electron chi connectivity index (χ4n) is 1.75. The van der Waals surface area contributed by atoms with Crippen LogP contribution in [-0.4, -0.2) is 7.05 Å². The zero-order valence-corrected chi connectivity index (χ0v) is 14.2. The number of benzene rings is 2. The van der Waals surface area contributed by atoms with Gasteiger partial charge in [0.05, 0.1) is 4.47 Å². The maximum atomic E-state index is 5.96. The van der Waals surface area contributed by atoms with E-state index in [9.17, 15) is 0 Å². The van der Waals surface area contributed by atoms with Crippen LogP contribution in [0.15, 0.2) is 40.9 Å². The molecular formula is C15H14BrCl2NO. The first-order valence-corrected chi connectivity index (χ1v) is 7.65. The lowest BCUT2D eigenvalue weighted by Crippen LogP contribution is -2.12. The molecule has 0 aliphatic heterocycles. The maximum absolute atomic E-state index is 5.96. The lowest BCUT2D eigenvalue weighted by molar-refractivity contribution is 0.479. The number of rotatable bonds is 4. The summed E-state index contributed by atoms with van der Waals surface area (Å²) in [6.45, 7) is 2.10. The Morgan fingerprint density at radius 1 is 1.10 bits per heavy atom. The maximum Gasteiger partial charge on any atom is 0.141 e. The van der Waals surface area contributed by atoms with E-state index in [4.69, 9.17) is 27.9 Å². The summed E-state index contributed by atoms with van der Waals surface area (Å²) < 4.78 is 6.69. The zero-order chi connectivity index (χ0) is 14.7. The van der Waals surface area contributed by atoms with Crippen molar-refractivity contribution in [2.24, 2.45) is 0 Å². The molecule has 0 saturated carbocycles. The van der Waals surface area contributed by atoms with Crippen molar-refractivity contribution in [3.63, 3.8) is 0 Å². The highest BCUT2D eigenvalue weighted by atomic mass is 79.9. The molecule has 0 saturated heterocycles. The summed E-state index contributed by atoms with van der Waals surface area (Å²) in [5.41, 5.74) is 1.18. The monoisotopic (exact) mass is 373 g/mol. The number of nitrogens with one attached hydrogen (secondary N) is 1. The molecule has 0 aromatic heterocycles. The van der Waals surface area contributed by atoms with E-state index >= 15 is 0 Å². The molecule has 2 nitrogen and oxygen atoms in total. The highest BCUT2D eigenvalue weighted by Gasteiger charge is 2.08. The third-order valence-corrected chi connectivity index (χ3v) is 4.01. The van der Waals surface area contributed by atoms with E-state index in [1.807, 2.05) is 25.2 Å². The van der Waals surface area contributed by atoms with E-state index < -0.39 is 0 Å². The van der Waals surface area contributed by atoms with Gasteiger partial charge in [-0.15, -0.1) is 0 Å². The second-order valence-corrected chi connectivity index (χ2v) is 6.13. The van der Waals surface area contributed by atoms with Crippen molar-refractivity contribution in [2.45, 2.75) is 13.0 Å². The van der Waals surface area contributed by atoms with Gasteiger partial charge in [0, 0.05) is 16.1 Å². The van der Waals surface area contributed by atoms with Crippen LogP contribution in [-0.2, 0) is 0 Å². The lowest BCUT2D eigenvalue weighted by Gasteiger charge is -2.14. The molecule has 20 heavy (non-hydrogen) atoms. The molecule has 0 fully saturated rings. The number of halogens is 3. The van der Waals surface area contributed by atoms with E-state index in [-0.39, 0.29) is 6.04 Å². The topological polar surface area (TPSA) is 21.3 Å². The molecule has 0 aliphatic rings. The van der Waals surface area contributed by atoms with Gasteiger partial charge < -0.3 is 10.1 Å². The fourth-order valence-corrected chi connectivity index (χ4v) is 2.73. The van der Waals surface area contributed by atoms with Crippen LogP contribution in [0.2, 0.25) is 10.0 Å². The van der Waals surface area contributed by atoms with Crippen molar-refractivity contribution in [3.8, 4) is 11.5 Å². The van der Waals surface area contributed by atoms with Crippen molar-refractivity contribution in [2.75, 3.05) is 7.05 Å². The molecule has 1 N–H and O–H groups in total. The molecule has 0 bridgehead atoms. The van der Waals surface area contributed by atoms with Gasteiger partial charge in [-0.1, -0.05) is 29.3 Å². The second-order valence-electron chi connectivity index (χ2n) is 4.41. The van der Waals surface area contributed by atoms with Gasteiger partial charge in [0.25, 0.3) is 0 Å². The number of hydrogen-bond acceptors (Lipinski definition) is 2. The third kappa shape index (κ3) is 3.89. The van der Waals surface area contributed by atoms with Crippen LogP contribution in [0.4, 0.5) is 0 Å². The normalized spacial score (nSPS) is 12.2. The van der Waals surface area contributed by atoms with Crippen LogP contribution in [0, 0.1) is 0 Å². The highest BCUT2D eigenvalue weighted by Crippen LogP contribution is 2.34. The Hall–Kier alpha value is -0.740. The minimum absolute atomic E-state index is 0.279. The molecule has 5 heteroatoms. The van der Waals surface area contributed by atoms with Crippen molar-refractivity contribution >= 4 is 39.1 Å². The van der Waals surface area contributed by atoms with E-state index in [2.05, 4.69) is 28.2 Å². The Morgan fingerprint density at radius 3 is 2.30 bits per heavy atom. The molecule has 0 heterocycles. The van der Waals surface area contributed by atoms with Crippen LogP contribution in [0.5, 0.6) is 11.5 Å². The molecule has 2 aromatic carbocycles. The van der Waals surface area contributed by atoms with Crippen molar-refractivity contribution in [1.29, 1.82) is 0 Å². The van der Waals surface area contributed by atoms with Gasteiger partial charge in [0.2, 0.25) is 0 Å². The Bertz CT molecular complexity index is 599. The summed E-state index contributed by atoms with van der Waals surface area (Å²) in [5, 5.41) is 4.29. The zero-order valence-electron chi connectivity index (χ0n) is 11.1. The predicted molar refractivity (Wildman–Crippen MR) is 88.2 cm³/mol. The summed E-state index contributed by atoms with van der Waals surface area (Å²) in [4.78, 5) is 0. The summed E-state index contributed by atoms with van der Waals surface area (Å²) in [5.74, 6) is 1.33. The first kappa shape index (κ1) is 15.6. The van der Waals surface area contributed by atoms with Gasteiger partial charge in [-0.25, -0.2) is 0 Å². The van der Waals surface area contributed by atoms with E-state index in [0.29, 0.717) is 15.8 Å². The third-order valence-electron chi connectivity index (χ3n) is 2.95. The molecule has 106 valence electrons. The Labute approximate surface area is 137 Å². The molecule has 0 spiro atoms. The average Bonchev–Trinajstić information content (AvgIpc) is 2.39. The summed E-state index contributed by atoms with van der Waals surface area (Å²) in [7, 11) is 1.93. The minimum Gasteiger partial charge on any atom is -0.456 e. The molecule has 2 aromatic rings. The van der Waals surface area contributed by atoms with Gasteiger partial charge >= 0.3 is 0 Å².